The first-order valence-electron chi connectivity index (χ1n) is 8.69. The Labute approximate surface area is 148 Å². The Morgan fingerprint density at radius 1 is 1.12 bits per heavy atom. The molecule has 1 aliphatic carbocycles. The zero-order valence-electron chi connectivity index (χ0n) is 14.3. The summed E-state index contributed by atoms with van der Waals surface area (Å²) in [5.74, 6) is -0.760. The van der Waals surface area contributed by atoms with Crippen LogP contribution in [0.3, 0.4) is 0 Å². The number of oxime groups is 1. The third kappa shape index (κ3) is 5.87. The summed E-state index contributed by atoms with van der Waals surface area (Å²) in [6.07, 6.45) is 7.80. The van der Waals surface area contributed by atoms with Crippen molar-refractivity contribution in [1.29, 1.82) is 0 Å². The molecule has 0 aromatic heterocycles. The minimum Gasteiger partial charge on any atom is -0.481 e. The van der Waals surface area contributed by atoms with Crippen molar-refractivity contribution in [1.82, 2.24) is 0 Å². The van der Waals surface area contributed by atoms with Gasteiger partial charge in [-0.15, -0.1) is 0 Å². The van der Waals surface area contributed by atoms with Crippen molar-refractivity contribution in [3.63, 3.8) is 0 Å². The molecule has 5 heteroatoms. The van der Waals surface area contributed by atoms with E-state index in [1.165, 1.54) is 0 Å². The fourth-order valence-corrected chi connectivity index (χ4v) is 3.07. The minimum absolute atomic E-state index is 0.204. The third-order valence-corrected chi connectivity index (χ3v) is 4.39. The van der Waals surface area contributed by atoms with Crippen LogP contribution in [0.4, 0.5) is 0 Å². The Morgan fingerprint density at radius 2 is 1.84 bits per heavy atom. The molecule has 1 aliphatic rings. The summed E-state index contributed by atoms with van der Waals surface area (Å²) < 4.78 is 0. The topological polar surface area (TPSA) is 90.1 Å². The van der Waals surface area contributed by atoms with Crippen molar-refractivity contribution < 1.29 is 20.2 Å². The summed E-state index contributed by atoms with van der Waals surface area (Å²) in [7, 11) is 0. The fraction of sp³-hybridized carbons (Fsp3) is 0.400. The van der Waals surface area contributed by atoms with Crippen LogP contribution in [0, 0.1) is 0 Å². The van der Waals surface area contributed by atoms with E-state index < -0.39 is 12.1 Å². The van der Waals surface area contributed by atoms with Gasteiger partial charge >= 0.3 is 5.97 Å². The van der Waals surface area contributed by atoms with Crippen LogP contribution in [0.25, 0.3) is 6.08 Å². The van der Waals surface area contributed by atoms with Gasteiger partial charge in [0.15, 0.2) is 0 Å². The molecule has 2 rings (SSSR count). The number of hydrogen-bond acceptors (Lipinski definition) is 4. The van der Waals surface area contributed by atoms with Crippen molar-refractivity contribution in [2.24, 2.45) is 5.16 Å². The normalized spacial score (nSPS) is 19.2. The molecule has 25 heavy (non-hydrogen) atoms. The van der Waals surface area contributed by atoms with Gasteiger partial charge in [0.25, 0.3) is 0 Å². The molecule has 0 bridgehead atoms. The molecule has 0 spiro atoms. The number of rotatable bonds is 9. The number of carbonyl (C=O) groups is 1. The van der Waals surface area contributed by atoms with E-state index in [-0.39, 0.29) is 6.42 Å². The van der Waals surface area contributed by atoms with E-state index in [0.29, 0.717) is 18.6 Å². The average molecular weight is 343 g/mol. The van der Waals surface area contributed by atoms with E-state index in [2.05, 4.69) is 5.16 Å². The number of hydrogen-bond donors (Lipinski definition) is 3. The first kappa shape index (κ1) is 18.9. The predicted octanol–water partition coefficient (Wildman–Crippen LogP) is 4.02. The number of allylic oxidation sites excluding steroid dienone is 1. The summed E-state index contributed by atoms with van der Waals surface area (Å²) in [5, 5.41) is 31.5. The molecule has 0 saturated heterocycles. The molecule has 1 atom stereocenters. The van der Waals surface area contributed by atoms with E-state index in [1.54, 1.807) is 0 Å². The first-order valence-corrected chi connectivity index (χ1v) is 8.69. The number of carboxylic acids is 1. The lowest BCUT2D eigenvalue weighted by atomic mass is 10.0. The zero-order valence-corrected chi connectivity index (χ0v) is 14.3. The summed E-state index contributed by atoms with van der Waals surface area (Å²) >= 11 is 0. The number of aliphatic hydroxyl groups is 1. The standard InChI is InChI=1S/C20H25NO4/c22-19-14-18(21-25)16(10-6-1-2-7-11-20(23)24)17(19)13-12-15-8-4-3-5-9-15/h3-5,8-9,12-13,19,22,25H,1-2,6-7,10-11,14H2,(H,23,24)/b13-12+,21-18+. The molecule has 0 amide bonds. The Balaban J connectivity index is 1.99. The van der Waals surface area contributed by atoms with E-state index in [4.69, 9.17) is 5.11 Å². The molecule has 0 fully saturated rings. The number of aliphatic hydroxyl groups excluding tert-OH is 1. The zero-order chi connectivity index (χ0) is 18.1. The molecule has 0 radical (unpaired) electrons. The highest BCUT2D eigenvalue weighted by atomic mass is 16.4. The fourth-order valence-electron chi connectivity index (χ4n) is 3.07. The lowest BCUT2D eigenvalue weighted by Crippen LogP contribution is -2.04. The molecular weight excluding hydrogens is 318 g/mol. The molecule has 134 valence electrons. The van der Waals surface area contributed by atoms with Crippen molar-refractivity contribution in [2.75, 3.05) is 0 Å². The van der Waals surface area contributed by atoms with Crippen LogP contribution in [-0.4, -0.2) is 33.2 Å². The highest BCUT2D eigenvalue weighted by Gasteiger charge is 2.27. The van der Waals surface area contributed by atoms with Gasteiger partial charge in [-0.05, 0) is 36.0 Å². The van der Waals surface area contributed by atoms with Gasteiger partial charge in [0.2, 0.25) is 0 Å². The number of benzene rings is 1. The van der Waals surface area contributed by atoms with Gasteiger partial charge in [-0.25, -0.2) is 0 Å². The Bertz CT molecular complexity index is 662. The maximum atomic E-state index is 10.5. The van der Waals surface area contributed by atoms with Gasteiger partial charge in [0.05, 0.1) is 11.8 Å². The molecule has 3 N–H and O–H groups in total. The quantitative estimate of drug-likeness (QED) is 0.359. The van der Waals surface area contributed by atoms with Crippen molar-refractivity contribution in [2.45, 2.75) is 51.0 Å². The van der Waals surface area contributed by atoms with Gasteiger partial charge in [0.1, 0.15) is 0 Å². The largest absolute Gasteiger partial charge is 0.481 e. The van der Waals surface area contributed by atoms with Crippen LogP contribution in [0.2, 0.25) is 0 Å². The number of aliphatic carboxylic acids is 1. The number of carboxylic acid groups (broad SMARTS) is 1. The molecule has 1 aromatic carbocycles. The smallest absolute Gasteiger partial charge is 0.303 e. The van der Waals surface area contributed by atoms with Crippen LogP contribution in [0.15, 0.2) is 52.7 Å². The number of nitrogens with zero attached hydrogens (tertiary/aromatic N) is 1. The monoisotopic (exact) mass is 343 g/mol. The predicted molar refractivity (Wildman–Crippen MR) is 97.7 cm³/mol. The maximum absolute atomic E-state index is 10.5. The first-order chi connectivity index (χ1) is 12.1. The van der Waals surface area contributed by atoms with Gasteiger partial charge in [-0.1, -0.05) is 60.5 Å². The second kappa shape index (κ2) is 9.79. The van der Waals surface area contributed by atoms with Gasteiger partial charge in [-0.3, -0.25) is 4.79 Å². The average Bonchev–Trinajstić information content (AvgIpc) is 2.91. The van der Waals surface area contributed by atoms with E-state index in [0.717, 1.165) is 42.4 Å². The van der Waals surface area contributed by atoms with Crippen molar-refractivity contribution in [3.05, 3.63) is 53.1 Å². The maximum Gasteiger partial charge on any atom is 0.303 e. The molecular formula is C20H25NO4. The second-order valence-corrected chi connectivity index (χ2v) is 6.25. The van der Waals surface area contributed by atoms with Crippen LogP contribution in [-0.2, 0) is 4.79 Å². The lowest BCUT2D eigenvalue weighted by Gasteiger charge is -2.06. The summed E-state index contributed by atoms with van der Waals surface area (Å²) in [6, 6.07) is 9.84. The summed E-state index contributed by atoms with van der Waals surface area (Å²) in [5.41, 5.74) is 3.30. The van der Waals surface area contributed by atoms with Crippen LogP contribution >= 0.6 is 0 Å². The third-order valence-electron chi connectivity index (χ3n) is 4.39. The van der Waals surface area contributed by atoms with Gasteiger partial charge in [-0.2, -0.15) is 0 Å². The highest BCUT2D eigenvalue weighted by molar-refractivity contribution is 6.04. The highest BCUT2D eigenvalue weighted by Crippen LogP contribution is 2.30. The Morgan fingerprint density at radius 3 is 2.52 bits per heavy atom. The molecule has 5 nitrogen and oxygen atoms in total. The van der Waals surface area contributed by atoms with Gasteiger partial charge < -0.3 is 15.4 Å². The summed E-state index contributed by atoms with van der Waals surface area (Å²) in [4.78, 5) is 10.5. The molecule has 0 saturated carbocycles. The second-order valence-electron chi connectivity index (χ2n) is 6.25. The molecule has 0 heterocycles. The van der Waals surface area contributed by atoms with Crippen LogP contribution in [0.5, 0.6) is 0 Å². The number of unbranched alkanes of at least 4 members (excludes halogenated alkanes) is 3. The van der Waals surface area contributed by atoms with E-state index in [1.807, 2.05) is 42.5 Å². The van der Waals surface area contributed by atoms with Crippen molar-refractivity contribution in [3.8, 4) is 0 Å². The molecule has 1 unspecified atom stereocenters. The lowest BCUT2D eigenvalue weighted by molar-refractivity contribution is -0.137. The molecule has 1 aromatic rings. The van der Waals surface area contributed by atoms with Crippen LogP contribution < -0.4 is 0 Å². The van der Waals surface area contributed by atoms with Gasteiger partial charge in [0, 0.05) is 12.8 Å². The van der Waals surface area contributed by atoms with E-state index >= 15 is 0 Å². The minimum atomic E-state index is -0.760. The summed E-state index contributed by atoms with van der Waals surface area (Å²) in [6.45, 7) is 0. The van der Waals surface area contributed by atoms with Crippen molar-refractivity contribution >= 4 is 17.8 Å². The Kier molecular flexibility index (Phi) is 7.41. The van der Waals surface area contributed by atoms with E-state index in [9.17, 15) is 15.1 Å². The SMILES string of the molecule is O=C(O)CCCCCCC1=C(/C=C/c2ccccc2)C(O)C/C1=N\O. The Hall–Kier alpha value is -2.40. The molecule has 0 aliphatic heterocycles. The van der Waals surface area contributed by atoms with Crippen LogP contribution in [0.1, 0.15) is 50.5 Å².